The van der Waals surface area contributed by atoms with Crippen molar-refractivity contribution in [3.05, 3.63) is 0 Å². The van der Waals surface area contributed by atoms with Gasteiger partial charge in [-0.15, -0.1) is 0 Å². The molecule has 0 rings (SSSR count). The maximum absolute atomic E-state index is 11.7. The van der Waals surface area contributed by atoms with Gasteiger partial charge in [-0.05, 0) is 6.42 Å². The standard InChI is InChI=1S/C20H41O9P/c1-2-3-4-5-6-7-8-9-10-11-12-13-20(24)27-15-19(23)17-29-30(25,26)28-16-18(22)14-21/h18-19,21-23H,2-17H2,1H3,(H,25,26). The summed E-state index contributed by atoms with van der Waals surface area (Å²) in [5, 5.41) is 27.3. The Morgan fingerprint density at radius 2 is 1.27 bits per heavy atom. The lowest BCUT2D eigenvalue weighted by Crippen LogP contribution is -2.24. The third-order valence-corrected chi connectivity index (χ3v) is 5.44. The molecule has 0 saturated carbocycles. The first-order valence-corrected chi connectivity index (χ1v) is 12.5. The molecule has 30 heavy (non-hydrogen) atoms. The number of rotatable bonds is 21. The Morgan fingerprint density at radius 3 is 1.77 bits per heavy atom. The molecule has 0 saturated heterocycles. The largest absolute Gasteiger partial charge is 0.472 e. The molecule has 4 N–H and O–H groups in total. The highest BCUT2D eigenvalue weighted by molar-refractivity contribution is 7.47. The number of carbonyl (C=O) groups excluding carboxylic acids is 1. The normalized spacial score (nSPS) is 15.5. The minimum atomic E-state index is -4.47. The fraction of sp³-hybridized carbons (Fsp3) is 0.950. The second-order valence-electron chi connectivity index (χ2n) is 7.52. The van der Waals surface area contributed by atoms with Gasteiger partial charge in [0.25, 0.3) is 0 Å². The Balaban J connectivity index is 3.60. The van der Waals surface area contributed by atoms with Crippen molar-refractivity contribution >= 4 is 13.8 Å². The molecule has 0 fully saturated rings. The third-order valence-electron chi connectivity index (χ3n) is 4.49. The van der Waals surface area contributed by atoms with Crippen molar-refractivity contribution in [1.29, 1.82) is 0 Å². The molecule has 0 amide bonds. The van der Waals surface area contributed by atoms with Gasteiger partial charge in [0.05, 0.1) is 19.8 Å². The number of unbranched alkanes of at least 4 members (excludes halogenated alkanes) is 10. The Morgan fingerprint density at radius 1 is 0.800 bits per heavy atom. The topological polar surface area (TPSA) is 143 Å². The number of aliphatic hydroxyl groups excluding tert-OH is 3. The monoisotopic (exact) mass is 456 g/mol. The second-order valence-corrected chi connectivity index (χ2v) is 8.97. The van der Waals surface area contributed by atoms with Crippen molar-refractivity contribution in [2.45, 2.75) is 96.2 Å². The van der Waals surface area contributed by atoms with E-state index in [1.807, 2.05) is 0 Å². The molecule has 3 atom stereocenters. The Labute approximate surface area is 180 Å². The van der Waals surface area contributed by atoms with E-state index < -0.39 is 45.8 Å². The first-order valence-electron chi connectivity index (χ1n) is 11.0. The molecule has 0 radical (unpaired) electrons. The summed E-state index contributed by atoms with van der Waals surface area (Å²) in [5.41, 5.74) is 0. The quantitative estimate of drug-likeness (QED) is 0.116. The summed E-state index contributed by atoms with van der Waals surface area (Å²) in [6.07, 6.45) is 10.7. The molecule has 0 aliphatic rings. The van der Waals surface area contributed by atoms with Crippen LogP contribution in [0, 0.1) is 0 Å². The molecule has 0 aromatic carbocycles. The van der Waals surface area contributed by atoms with Crippen LogP contribution in [-0.4, -0.2) is 64.8 Å². The van der Waals surface area contributed by atoms with Gasteiger partial charge in [0, 0.05) is 6.42 Å². The molecule has 0 spiro atoms. The van der Waals surface area contributed by atoms with Gasteiger partial charge in [-0.3, -0.25) is 13.8 Å². The second kappa shape index (κ2) is 19.2. The molecule has 0 heterocycles. The zero-order chi connectivity index (χ0) is 22.7. The Kier molecular flexibility index (Phi) is 18.8. The van der Waals surface area contributed by atoms with Crippen molar-refractivity contribution in [2.75, 3.05) is 26.4 Å². The van der Waals surface area contributed by atoms with Gasteiger partial charge in [0.2, 0.25) is 0 Å². The van der Waals surface area contributed by atoms with E-state index in [1.165, 1.54) is 51.4 Å². The Hall–Kier alpha value is -0.540. The number of hydrogen-bond donors (Lipinski definition) is 4. The Bertz CT molecular complexity index is 462. The summed E-state index contributed by atoms with van der Waals surface area (Å²) in [6.45, 7) is 0.0746. The van der Waals surface area contributed by atoms with Crippen molar-refractivity contribution in [3.63, 3.8) is 0 Å². The van der Waals surface area contributed by atoms with Gasteiger partial charge in [0.15, 0.2) is 0 Å². The highest BCUT2D eigenvalue weighted by atomic mass is 31.2. The fourth-order valence-corrected chi connectivity index (χ4v) is 3.49. The average molecular weight is 457 g/mol. The van der Waals surface area contributed by atoms with Crippen molar-refractivity contribution in [1.82, 2.24) is 0 Å². The first kappa shape index (κ1) is 29.5. The van der Waals surface area contributed by atoms with Crippen LogP contribution in [0.2, 0.25) is 0 Å². The molecule has 0 aromatic rings. The summed E-state index contributed by atoms with van der Waals surface area (Å²) >= 11 is 0. The molecule has 0 aliphatic heterocycles. The van der Waals surface area contributed by atoms with Crippen molar-refractivity contribution < 1.29 is 43.4 Å². The van der Waals surface area contributed by atoms with E-state index in [2.05, 4.69) is 16.0 Å². The maximum atomic E-state index is 11.7. The number of esters is 1. The van der Waals surface area contributed by atoms with E-state index in [9.17, 15) is 19.4 Å². The minimum absolute atomic E-state index is 0.269. The number of phosphoric acid groups is 1. The van der Waals surface area contributed by atoms with Crippen LogP contribution in [0.25, 0.3) is 0 Å². The summed E-state index contributed by atoms with van der Waals surface area (Å²) in [6, 6.07) is 0. The molecule has 0 bridgehead atoms. The average Bonchev–Trinajstić information content (AvgIpc) is 2.73. The lowest BCUT2D eigenvalue weighted by molar-refractivity contribution is -0.147. The van der Waals surface area contributed by atoms with Crippen LogP contribution < -0.4 is 0 Å². The molecular weight excluding hydrogens is 415 g/mol. The smallest absolute Gasteiger partial charge is 0.463 e. The maximum Gasteiger partial charge on any atom is 0.472 e. The predicted octanol–water partition coefficient (Wildman–Crippen LogP) is 3.08. The van der Waals surface area contributed by atoms with Crippen molar-refractivity contribution in [2.24, 2.45) is 0 Å². The van der Waals surface area contributed by atoms with E-state index in [1.54, 1.807) is 0 Å². The fourth-order valence-electron chi connectivity index (χ4n) is 2.69. The van der Waals surface area contributed by atoms with Gasteiger partial charge in [-0.1, -0.05) is 71.1 Å². The van der Waals surface area contributed by atoms with E-state index in [0.29, 0.717) is 0 Å². The predicted molar refractivity (Wildman–Crippen MR) is 113 cm³/mol. The van der Waals surface area contributed by atoms with Crippen LogP contribution in [0.3, 0.4) is 0 Å². The van der Waals surface area contributed by atoms with Gasteiger partial charge >= 0.3 is 13.8 Å². The molecule has 10 heteroatoms. The molecule has 9 nitrogen and oxygen atoms in total. The van der Waals surface area contributed by atoms with Gasteiger partial charge in [0.1, 0.15) is 18.8 Å². The summed E-state index contributed by atoms with van der Waals surface area (Å²) < 4.78 is 25.4. The van der Waals surface area contributed by atoms with Gasteiger partial charge in [-0.2, -0.15) is 0 Å². The third kappa shape index (κ3) is 19.4. The minimum Gasteiger partial charge on any atom is -0.463 e. The molecule has 3 unspecified atom stereocenters. The summed E-state index contributed by atoms with van der Waals surface area (Å²) in [7, 11) is -4.47. The lowest BCUT2D eigenvalue weighted by atomic mass is 10.1. The van der Waals surface area contributed by atoms with Crippen LogP contribution >= 0.6 is 7.82 Å². The van der Waals surface area contributed by atoms with Crippen molar-refractivity contribution in [3.8, 4) is 0 Å². The number of ether oxygens (including phenoxy) is 1. The zero-order valence-corrected chi connectivity index (χ0v) is 19.1. The highest BCUT2D eigenvalue weighted by Gasteiger charge is 2.24. The number of hydrogen-bond acceptors (Lipinski definition) is 8. The van der Waals surface area contributed by atoms with E-state index in [4.69, 9.17) is 14.9 Å². The number of phosphoric ester groups is 1. The van der Waals surface area contributed by atoms with E-state index >= 15 is 0 Å². The zero-order valence-electron chi connectivity index (χ0n) is 18.2. The molecule has 0 aliphatic carbocycles. The van der Waals surface area contributed by atoms with Crippen LogP contribution in [0.15, 0.2) is 0 Å². The van der Waals surface area contributed by atoms with Crippen LogP contribution in [0.4, 0.5) is 0 Å². The van der Waals surface area contributed by atoms with Crippen LogP contribution in [0.1, 0.15) is 84.0 Å². The summed E-state index contributed by atoms with van der Waals surface area (Å²) in [5.74, 6) is -0.431. The SMILES string of the molecule is CCCCCCCCCCCCCC(=O)OCC(O)COP(=O)(O)OCC(O)CO. The van der Waals surface area contributed by atoms with Crippen LogP contribution in [-0.2, 0) is 23.1 Å². The van der Waals surface area contributed by atoms with Gasteiger partial charge in [-0.25, -0.2) is 4.57 Å². The number of aliphatic hydroxyl groups is 3. The summed E-state index contributed by atoms with van der Waals surface area (Å²) in [4.78, 5) is 21.0. The van der Waals surface area contributed by atoms with Crippen LogP contribution in [0.5, 0.6) is 0 Å². The highest BCUT2D eigenvalue weighted by Crippen LogP contribution is 2.43. The molecular formula is C20H41O9P. The molecule has 180 valence electrons. The van der Waals surface area contributed by atoms with E-state index in [0.717, 1.165) is 19.3 Å². The van der Waals surface area contributed by atoms with E-state index in [-0.39, 0.29) is 13.0 Å². The molecule has 0 aromatic heterocycles. The van der Waals surface area contributed by atoms with Gasteiger partial charge < -0.3 is 24.9 Å². The lowest BCUT2D eigenvalue weighted by Gasteiger charge is -2.16. The number of carbonyl (C=O) groups is 1. The first-order chi connectivity index (χ1) is 14.3.